The van der Waals surface area contributed by atoms with Crippen molar-refractivity contribution in [3.8, 4) is 5.88 Å². The van der Waals surface area contributed by atoms with Gasteiger partial charge in [0.15, 0.2) is 11.0 Å². The molecule has 2 aromatic heterocycles. The first-order chi connectivity index (χ1) is 11.9. The minimum Gasteiger partial charge on any atom is -0.475 e. The monoisotopic (exact) mass is 390 g/mol. The van der Waals surface area contributed by atoms with Gasteiger partial charge in [0.05, 0.1) is 6.04 Å². The van der Waals surface area contributed by atoms with Gasteiger partial charge in [-0.1, -0.05) is 11.6 Å². The van der Waals surface area contributed by atoms with Gasteiger partial charge in [-0.15, -0.1) is 0 Å². The smallest absolute Gasteiger partial charge is 0.254 e. The summed E-state index contributed by atoms with van der Waals surface area (Å²) in [5, 5.41) is -0.250. The van der Waals surface area contributed by atoms with Gasteiger partial charge in [0.1, 0.15) is 23.3 Å². The van der Waals surface area contributed by atoms with Crippen LogP contribution in [0.15, 0.2) is 0 Å². The molecule has 0 N–H and O–H groups in total. The normalized spacial score (nSPS) is 29.3. The third-order valence-corrected chi connectivity index (χ3v) is 5.78. The first-order valence-corrected chi connectivity index (χ1v) is 8.63. The van der Waals surface area contributed by atoms with Crippen LogP contribution in [0.3, 0.4) is 0 Å². The van der Waals surface area contributed by atoms with Crippen LogP contribution in [0, 0.1) is 17.7 Å². The van der Waals surface area contributed by atoms with Crippen molar-refractivity contribution in [2.24, 2.45) is 11.8 Å². The van der Waals surface area contributed by atoms with Crippen LogP contribution in [0.1, 0.15) is 12.8 Å². The molecule has 0 amide bonds. The minimum absolute atomic E-state index is 0.0783. The van der Waals surface area contributed by atoms with Crippen LogP contribution < -0.4 is 9.64 Å². The molecule has 10 heteroatoms. The Bertz CT molecular complexity index is 912. The Morgan fingerprint density at radius 2 is 1.96 bits per heavy atom. The first-order valence-electron chi connectivity index (χ1n) is 7.87. The fraction of sp³-hybridized carbons (Fsp3) is 0.533. The summed E-state index contributed by atoms with van der Waals surface area (Å²) in [4.78, 5) is 13.9. The molecule has 1 saturated heterocycles. The van der Waals surface area contributed by atoms with Gasteiger partial charge in [0, 0.05) is 18.4 Å². The van der Waals surface area contributed by atoms with E-state index in [0.717, 1.165) is 0 Å². The molecule has 1 saturated carbocycles. The second kappa shape index (κ2) is 5.01. The Morgan fingerprint density at radius 1 is 1.16 bits per heavy atom. The molecule has 3 aliphatic rings. The molecular formula is C15H11Cl2F3N4O. The van der Waals surface area contributed by atoms with Gasteiger partial charge in [-0.3, -0.25) is 0 Å². The Kier molecular flexibility index (Phi) is 3.14. The summed E-state index contributed by atoms with van der Waals surface area (Å²) < 4.78 is 47.7. The Morgan fingerprint density at radius 3 is 2.76 bits per heavy atom. The summed E-state index contributed by atoms with van der Waals surface area (Å²) in [6.45, 7) is 0.494. The van der Waals surface area contributed by atoms with Gasteiger partial charge in [-0.05, 0) is 24.4 Å². The molecule has 25 heavy (non-hydrogen) atoms. The van der Waals surface area contributed by atoms with E-state index in [1.165, 1.54) is 0 Å². The molecule has 3 atom stereocenters. The van der Waals surface area contributed by atoms with E-state index in [-0.39, 0.29) is 46.3 Å². The topological polar surface area (TPSA) is 51.1 Å². The summed E-state index contributed by atoms with van der Waals surface area (Å²) in [6.07, 6.45) is 0.598. The van der Waals surface area contributed by atoms with Crippen molar-refractivity contribution in [2.45, 2.75) is 24.8 Å². The summed E-state index contributed by atoms with van der Waals surface area (Å²) in [7, 11) is 0. The molecule has 0 radical (unpaired) electrons. The molecule has 1 aliphatic carbocycles. The van der Waals surface area contributed by atoms with Crippen LogP contribution in [-0.2, 0) is 0 Å². The minimum atomic E-state index is -2.61. The fourth-order valence-corrected chi connectivity index (χ4v) is 4.38. The maximum atomic E-state index is 14.4. The van der Waals surface area contributed by atoms with Crippen molar-refractivity contribution < 1.29 is 17.9 Å². The maximum Gasteiger partial charge on any atom is 0.254 e. The van der Waals surface area contributed by atoms with E-state index in [2.05, 4.69) is 15.0 Å². The molecule has 2 aliphatic heterocycles. The lowest BCUT2D eigenvalue weighted by Gasteiger charge is -2.30. The molecular weight excluding hydrogens is 380 g/mol. The van der Waals surface area contributed by atoms with Crippen LogP contribution in [0.5, 0.6) is 5.88 Å². The molecule has 2 unspecified atom stereocenters. The highest BCUT2D eigenvalue weighted by molar-refractivity contribution is 6.31. The fourth-order valence-electron chi connectivity index (χ4n) is 4.05. The van der Waals surface area contributed by atoms with E-state index in [0.29, 0.717) is 18.8 Å². The molecule has 4 heterocycles. The van der Waals surface area contributed by atoms with Crippen LogP contribution in [0.4, 0.5) is 19.0 Å². The zero-order chi connectivity index (χ0) is 17.5. The molecule has 2 aromatic rings. The van der Waals surface area contributed by atoms with E-state index >= 15 is 0 Å². The highest BCUT2D eigenvalue weighted by Crippen LogP contribution is 2.61. The summed E-state index contributed by atoms with van der Waals surface area (Å²) >= 11 is 11.8. The van der Waals surface area contributed by atoms with Crippen molar-refractivity contribution in [1.29, 1.82) is 0 Å². The number of alkyl halides is 2. The third kappa shape index (κ3) is 2.13. The average molecular weight is 391 g/mol. The number of ether oxygens (including phenoxy) is 1. The Balaban J connectivity index is 1.68. The van der Waals surface area contributed by atoms with Crippen molar-refractivity contribution in [3.63, 3.8) is 0 Å². The number of halogens is 5. The molecule has 2 fully saturated rings. The maximum absolute atomic E-state index is 14.4. The van der Waals surface area contributed by atoms with Gasteiger partial charge < -0.3 is 9.64 Å². The Hall–Kier alpha value is -1.54. The summed E-state index contributed by atoms with van der Waals surface area (Å²) in [6, 6.07) is -0.325. The number of hydrogen-bond acceptors (Lipinski definition) is 5. The highest BCUT2D eigenvalue weighted by atomic mass is 35.5. The number of aromatic nitrogens is 3. The van der Waals surface area contributed by atoms with Gasteiger partial charge in [-0.2, -0.15) is 9.97 Å². The number of anilines is 1. The quantitative estimate of drug-likeness (QED) is 0.506. The van der Waals surface area contributed by atoms with Crippen molar-refractivity contribution in [3.05, 3.63) is 16.3 Å². The van der Waals surface area contributed by atoms with Crippen LogP contribution in [0.25, 0.3) is 10.9 Å². The lowest BCUT2D eigenvalue weighted by Crippen LogP contribution is -2.40. The van der Waals surface area contributed by atoms with Crippen LogP contribution >= 0.6 is 23.2 Å². The summed E-state index contributed by atoms with van der Waals surface area (Å²) in [5.41, 5.74) is -0.0783. The SMILES string of the molecule is Fc1c(Cl)nc2c3c(nc(Cl)nc13)N1CCC3C(C[C@H]1CO2)C3(F)F. The van der Waals surface area contributed by atoms with Crippen molar-refractivity contribution >= 4 is 39.9 Å². The van der Waals surface area contributed by atoms with E-state index in [1.807, 2.05) is 4.90 Å². The predicted molar refractivity (Wildman–Crippen MR) is 85.1 cm³/mol. The van der Waals surface area contributed by atoms with Gasteiger partial charge in [-0.25, -0.2) is 18.2 Å². The lowest BCUT2D eigenvalue weighted by molar-refractivity contribution is 0.0765. The average Bonchev–Trinajstić information content (AvgIpc) is 3.18. The van der Waals surface area contributed by atoms with Crippen molar-refractivity contribution in [2.75, 3.05) is 18.1 Å². The lowest BCUT2D eigenvalue weighted by atomic mass is 10.1. The highest BCUT2D eigenvalue weighted by Gasteiger charge is 2.68. The van der Waals surface area contributed by atoms with Gasteiger partial charge in [0.25, 0.3) is 5.92 Å². The second-order valence-electron chi connectivity index (χ2n) is 6.63. The zero-order valence-corrected chi connectivity index (χ0v) is 14.2. The molecule has 0 aromatic carbocycles. The number of pyridine rings is 1. The van der Waals surface area contributed by atoms with Gasteiger partial charge in [0.2, 0.25) is 11.2 Å². The molecule has 5 rings (SSSR count). The van der Waals surface area contributed by atoms with Crippen molar-refractivity contribution in [1.82, 2.24) is 15.0 Å². The first kappa shape index (κ1) is 15.7. The standard InChI is InChI=1S/C15H11Cl2F3N4O/c16-11-9(18)10-8-12(23-14(17)21-10)24-2-1-6-7(15(6,19)20)3-5(24)4-25-13(8)22-11/h5-7H,1-4H2/t5-,6?,7?/m0/s1. The number of fused-ring (bicyclic) bond motifs is 3. The largest absolute Gasteiger partial charge is 0.475 e. The molecule has 132 valence electrons. The molecule has 5 nitrogen and oxygen atoms in total. The Labute approximate surface area is 150 Å². The number of rotatable bonds is 0. The molecule has 0 bridgehead atoms. The van der Waals surface area contributed by atoms with E-state index in [9.17, 15) is 13.2 Å². The van der Waals surface area contributed by atoms with Gasteiger partial charge >= 0.3 is 0 Å². The van der Waals surface area contributed by atoms with Crippen LogP contribution in [0.2, 0.25) is 10.4 Å². The van der Waals surface area contributed by atoms with E-state index in [1.54, 1.807) is 0 Å². The molecule has 0 spiro atoms. The predicted octanol–water partition coefficient (Wildman–Crippen LogP) is 3.71. The third-order valence-electron chi connectivity index (χ3n) is 5.36. The zero-order valence-electron chi connectivity index (χ0n) is 12.6. The van der Waals surface area contributed by atoms with E-state index < -0.39 is 23.6 Å². The second-order valence-corrected chi connectivity index (χ2v) is 7.33. The summed E-state index contributed by atoms with van der Waals surface area (Å²) in [5.74, 6) is -4.24. The van der Waals surface area contributed by atoms with E-state index in [4.69, 9.17) is 27.9 Å². The number of hydrogen-bond donors (Lipinski definition) is 0. The van der Waals surface area contributed by atoms with Crippen LogP contribution in [-0.4, -0.2) is 40.1 Å². The number of nitrogens with zero attached hydrogens (tertiary/aromatic N) is 4.